The number of esters is 1. The van der Waals surface area contributed by atoms with Gasteiger partial charge in [0.2, 0.25) is 0 Å². The Bertz CT molecular complexity index is 1020. The average molecular weight is 441 g/mol. The van der Waals surface area contributed by atoms with Crippen LogP contribution in [0.4, 0.5) is 5.69 Å². The number of ether oxygens (including phenoxy) is 1. The van der Waals surface area contributed by atoms with E-state index >= 15 is 0 Å². The fourth-order valence-electron chi connectivity index (χ4n) is 3.08. The van der Waals surface area contributed by atoms with Gasteiger partial charge in [-0.05, 0) is 44.4 Å². The maximum Gasteiger partial charge on any atom is 0.342 e. The molecule has 9 nitrogen and oxygen atoms in total. The first-order chi connectivity index (χ1) is 13.8. The summed E-state index contributed by atoms with van der Waals surface area (Å²) in [7, 11) is -4.27. The van der Waals surface area contributed by atoms with Gasteiger partial charge in [-0.1, -0.05) is 11.6 Å². The number of aromatic nitrogens is 2. The molecular formula is C18H21ClN4O5S. The number of aromatic amines is 1. The summed E-state index contributed by atoms with van der Waals surface area (Å²) in [5.74, 6) is -1.10. The summed E-state index contributed by atoms with van der Waals surface area (Å²) in [6.45, 7) is 2.91. The number of anilines is 1. The molecule has 156 valence electrons. The zero-order valence-electron chi connectivity index (χ0n) is 15.8. The number of nitrogens with one attached hydrogen (secondary N) is 2. The summed E-state index contributed by atoms with van der Waals surface area (Å²) < 4.78 is 33.0. The molecule has 0 spiro atoms. The number of halogens is 1. The van der Waals surface area contributed by atoms with E-state index in [1.54, 1.807) is 11.8 Å². The number of hydrogen-bond donors (Lipinski definition) is 2. The zero-order valence-corrected chi connectivity index (χ0v) is 17.3. The summed E-state index contributed by atoms with van der Waals surface area (Å²) in [5.41, 5.74) is -0.0279. The molecule has 0 aliphatic carbocycles. The van der Waals surface area contributed by atoms with Crippen molar-refractivity contribution in [3.8, 4) is 0 Å². The third-order valence-electron chi connectivity index (χ3n) is 4.47. The Hall–Kier alpha value is -2.59. The Labute approximate surface area is 173 Å². The van der Waals surface area contributed by atoms with Gasteiger partial charge in [-0.3, -0.25) is 14.6 Å². The lowest BCUT2D eigenvalue weighted by atomic mass is 10.1. The second-order valence-electron chi connectivity index (χ2n) is 6.48. The normalized spacial score (nSPS) is 14.5. The summed E-state index contributed by atoms with van der Waals surface area (Å²) in [4.78, 5) is 26.6. The maximum atomic E-state index is 12.9. The number of benzene rings is 1. The molecule has 1 fully saturated rings. The van der Waals surface area contributed by atoms with Crippen molar-refractivity contribution in [2.24, 2.45) is 0 Å². The lowest BCUT2D eigenvalue weighted by molar-refractivity contribution is 0.0521. The van der Waals surface area contributed by atoms with Crippen molar-refractivity contribution in [3.63, 3.8) is 0 Å². The molecule has 1 saturated heterocycles. The van der Waals surface area contributed by atoms with Crippen LogP contribution in [-0.4, -0.2) is 55.1 Å². The topological polar surface area (TPSA) is 121 Å². The molecule has 0 radical (unpaired) electrons. The van der Waals surface area contributed by atoms with E-state index < -0.39 is 21.0 Å². The SMILES string of the molecule is CCOC(=O)c1cn[nH]c1S(=O)(=O)Nc1cc(Cl)ccc1C(=O)N1CCCCC1. The molecule has 29 heavy (non-hydrogen) atoms. The van der Waals surface area contributed by atoms with Gasteiger partial charge in [0, 0.05) is 18.1 Å². The van der Waals surface area contributed by atoms with Crippen LogP contribution in [0.25, 0.3) is 0 Å². The van der Waals surface area contributed by atoms with E-state index in [9.17, 15) is 18.0 Å². The van der Waals surface area contributed by atoms with Crippen LogP contribution in [0, 0.1) is 0 Å². The van der Waals surface area contributed by atoms with Gasteiger partial charge in [-0.15, -0.1) is 0 Å². The summed E-state index contributed by atoms with van der Waals surface area (Å²) >= 11 is 6.03. The Balaban J connectivity index is 1.93. The van der Waals surface area contributed by atoms with Crippen molar-refractivity contribution in [2.75, 3.05) is 24.4 Å². The van der Waals surface area contributed by atoms with Gasteiger partial charge in [0.15, 0.2) is 5.03 Å². The van der Waals surface area contributed by atoms with Crippen LogP contribution < -0.4 is 4.72 Å². The van der Waals surface area contributed by atoms with E-state index in [4.69, 9.17) is 16.3 Å². The highest BCUT2D eigenvalue weighted by molar-refractivity contribution is 7.92. The number of carbonyl (C=O) groups excluding carboxylic acids is 2. The van der Waals surface area contributed by atoms with Crippen molar-refractivity contribution in [1.82, 2.24) is 15.1 Å². The van der Waals surface area contributed by atoms with Gasteiger partial charge >= 0.3 is 5.97 Å². The Kier molecular flexibility index (Phi) is 6.43. The summed E-state index contributed by atoms with van der Waals surface area (Å²) in [6, 6.07) is 4.36. The van der Waals surface area contributed by atoms with Gasteiger partial charge in [0.25, 0.3) is 15.9 Å². The minimum absolute atomic E-state index is 0.0254. The van der Waals surface area contributed by atoms with E-state index in [0.29, 0.717) is 13.1 Å². The van der Waals surface area contributed by atoms with Crippen molar-refractivity contribution in [1.29, 1.82) is 0 Å². The number of amides is 1. The molecule has 0 atom stereocenters. The molecule has 1 aliphatic rings. The summed E-state index contributed by atoms with van der Waals surface area (Å²) in [5, 5.41) is 5.74. The molecule has 2 heterocycles. The van der Waals surface area contributed by atoms with Crippen LogP contribution in [0.1, 0.15) is 46.9 Å². The standard InChI is InChI=1S/C18H21ClN4O5S/c1-2-28-18(25)14-11-20-21-16(14)29(26,27)22-15-10-12(19)6-7-13(15)17(24)23-8-4-3-5-9-23/h6-7,10-11,22H,2-5,8-9H2,1H3,(H,20,21). The number of nitrogens with zero attached hydrogens (tertiary/aromatic N) is 2. The van der Waals surface area contributed by atoms with E-state index in [0.717, 1.165) is 25.5 Å². The average Bonchev–Trinajstić information content (AvgIpc) is 3.19. The Morgan fingerprint density at radius 2 is 1.97 bits per heavy atom. The number of sulfonamides is 1. The first kappa shape index (κ1) is 21.1. The third kappa shape index (κ3) is 4.70. The maximum absolute atomic E-state index is 12.9. The predicted molar refractivity (Wildman–Crippen MR) is 107 cm³/mol. The number of likely N-dealkylation sites (tertiary alicyclic amines) is 1. The zero-order chi connectivity index (χ0) is 21.0. The second-order valence-corrected chi connectivity index (χ2v) is 8.54. The van der Waals surface area contributed by atoms with Crippen LogP contribution in [0.3, 0.4) is 0 Å². The van der Waals surface area contributed by atoms with E-state index in [1.807, 2.05) is 0 Å². The van der Waals surface area contributed by atoms with E-state index in [2.05, 4.69) is 14.9 Å². The molecule has 0 bridgehead atoms. The van der Waals surface area contributed by atoms with E-state index in [-0.39, 0.29) is 34.4 Å². The molecular weight excluding hydrogens is 420 g/mol. The molecule has 3 rings (SSSR count). The fourth-order valence-corrected chi connectivity index (χ4v) is 4.41. The van der Waals surface area contributed by atoms with Gasteiger partial charge in [-0.25, -0.2) is 4.79 Å². The number of H-pyrrole nitrogens is 1. The molecule has 1 amide bonds. The van der Waals surface area contributed by atoms with Crippen molar-refractivity contribution in [2.45, 2.75) is 31.2 Å². The van der Waals surface area contributed by atoms with Crippen LogP contribution in [0.2, 0.25) is 5.02 Å². The lowest BCUT2D eigenvalue weighted by Gasteiger charge is -2.27. The molecule has 1 aromatic heterocycles. The molecule has 1 aliphatic heterocycles. The minimum Gasteiger partial charge on any atom is -0.462 e. The smallest absolute Gasteiger partial charge is 0.342 e. The first-order valence-electron chi connectivity index (χ1n) is 9.15. The molecule has 0 unspecified atom stereocenters. The number of piperidine rings is 1. The number of rotatable bonds is 6. The number of hydrogen-bond acceptors (Lipinski definition) is 6. The van der Waals surface area contributed by atoms with Gasteiger partial charge in [-0.2, -0.15) is 13.5 Å². The third-order valence-corrected chi connectivity index (χ3v) is 6.04. The highest BCUT2D eigenvalue weighted by atomic mass is 35.5. The lowest BCUT2D eigenvalue weighted by Crippen LogP contribution is -2.36. The highest BCUT2D eigenvalue weighted by Gasteiger charge is 2.28. The van der Waals surface area contributed by atoms with Crippen molar-refractivity contribution in [3.05, 3.63) is 40.5 Å². The Morgan fingerprint density at radius 1 is 1.24 bits per heavy atom. The minimum atomic E-state index is -4.27. The van der Waals surface area contributed by atoms with Crippen LogP contribution in [-0.2, 0) is 14.8 Å². The van der Waals surface area contributed by atoms with Crippen LogP contribution in [0.15, 0.2) is 29.4 Å². The first-order valence-corrected chi connectivity index (χ1v) is 11.0. The van der Waals surface area contributed by atoms with Crippen LogP contribution in [0.5, 0.6) is 0 Å². The fraction of sp³-hybridized carbons (Fsp3) is 0.389. The molecule has 11 heteroatoms. The Morgan fingerprint density at radius 3 is 2.66 bits per heavy atom. The predicted octanol–water partition coefficient (Wildman–Crippen LogP) is 2.67. The molecule has 2 N–H and O–H groups in total. The highest BCUT2D eigenvalue weighted by Crippen LogP contribution is 2.27. The summed E-state index contributed by atoms with van der Waals surface area (Å²) in [6.07, 6.45) is 3.93. The number of carbonyl (C=O) groups is 2. The second kappa shape index (κ2) is 8.83. The molecule has 1 aromatic carbocycles. The van der Waals surface area contributed by atoms with Crippen LogP contribution >= 0.6 is 11.6 Å². The molecule has 0 saturated carbocycles. The van der Waals surface area contributed by atoms with E-state index in [1.165, 1.54) is 18.2 Å². The molecule has 2 aromatic rings. The largest absolute Gasteiger partial charge is 0.462 e. The quantitative estimate of drug-likeness (QED) is 0.666. The van der Waals surface area contributed by atoms with Gasteiger partial charge < -0.3 is 9.64 Å². The van der Waals surface area contributed by atoms with Gasteiger partial charge in [0.05, 0.1) is 24.1 Å². The van der Waals surface area contributed by atoms with Crippen molar-refractivity contribution < 1.29 is 22.7 Å². The van der Waals surface area contributed by atoms with Crippen molar-refractivity contribution >= 4 is 39.2 Å². The monoisotopic (exact) mass is 440 g/mol. The van der Waals surface area contributed by atoms with Gasteiger partial charge in [0.1, 0.15) is 5.56 Å².